The minimum Gasteiger partial charge on any atom is -0.365 e. The first-order valence-corrected chi connectivity index (χ1v) is 6.87. The Bertz CT molecular complexity index is 477. The van der Waals surface area contributed by atoms with Gasteiger partial charge in [0.15, 0.2) is 17.5 Å². The van der Waals surface area contributed by atoms with Crippen molar-refractivity contribution in [3.05, 3.63) is 29.6 Å². The van der Waals surface area contributed by atoms with Crippen LogP contribution in [0.25, 0.3) is 0 Å². The zero-order valence-corrected chi connectivity index (χ0v) is 12.3. The minimum absolute atomic E-state index is 0.118. The number of hydrogen-bond acceptors (Lipinski definition) is 2. The number of piperazine rings is 1. The molecule has 0 aromatic heterocycles. The lowest BCUT2D eigenvalue weighted by Gasteiger charge is -2.47. The Morgan fingerprint density at radius 1 is 1.20 bits per heavy atom. The summed E-state index contributed by atoms with van der Waals surface area (Å²) < 4.78 is 40.0. The van der Waals surface area contributed by atoms with E-state index in [2.05, 4.69) is 19.2 Å². The van der Waals surface area contributed by atoms with E-state index >= 15 is 0 Å². The van der Waals surface area contributed by atoms with E-state index in [1.807, 2.05) is 18.7 Å². The van der Waals surface area contributed by atoms with Crippen molar-refractivity contribution in [2.75, 3.05) is 18.0 Å². The second-order valence-electron chi connectivity index (χ2n) is 6.43. The van der Waals surface area contributed by atoms with Crippen molar-refractivity contribution in [1.29, 1.82) is 0 Å². The fourth-order valence-corrected chi connectivity index (χ4v) is 2.68. The largest absolute Gasteiger partial charge is 0.365 e. The third-order valence-corrected chi connectivity index (χ3v) is 3.83. The lowest BCUT2D eigenvalue weighted by molar-refractivity contribution is 0.276. The summed E-state index contributed by atoms with van der Waals surface area (Å²) in [7, 11) is 0. The molecule has 0 amide bonds. The van der Waals surface area contributed by atoms with Crippen LogP contribution in [0, 0.1) is 23.4 Å². The molecule has 1 aromatic carbocycles. The van der Waals surface area contributed by atoms with Crippen LogP contribution in [0.1, 0.15) is 27.7 Å². The SMILES string of the molecule is CC(C)C1CNC(C)(C)CN1c1cc(F)c(F)c(F)c1. The summed E-state index contributed by atoms with van der Waals surface area (Å²) in [6.07, 6.45) is 0. The van der Waals surface area contributed by atoms with E-state index in [0.717, 1.165) is 18.7 Å². The standard InChI is InChI=1S/C15H21F3N2/c1-9(2)13-7-19-15(3,4)8-20(13)10-5-11(16)14(18)12(17)6-10/h5-6,9,13,19H,7-8H2,1-4H3. The lowest BCUT2D eigenvalue weighted by Crippen LogP contribution is -2.63. The predicted molar refractivity (Wildman–Crippen MR) is 74.4 cm³/mol. The molecule has 112 valence electrons. The average molecular weight is 286 g/mol. The molecule has 1 unspecified atom stereocenters. The molecule has 0 saturated carbocycles. The summed E-state index contributed by atoms with van der Waals surface area (Å²) in [5, 5.41) is 3.43. The van der Waals surface area contributed by atoms with Crippen LogP contribution < -0.4 is 10.2 Å². The Kier molecular flexibility index (Phi) is 4.00. The van der Waals surface area contributed by atoms with Crippen molar-refractivity contribution in [3.8, 4) is 0 Å². The summed E-state index contributed by atoms with van der Waals surface area (Å²) in [6.45, 7) is 9.53. The second kappa shape index (κ2) is 5.28. The molecular weight excluding hydrogens is 265 g/mol. The van der Waals surface area contributed by atoms with E-state index in [1.54, 1.807) is 0 Å². The summed E-state index contributed by atoms with van der Waals surface area (Å²) in [5.74, 6) is -3.38. The molecule has 1 aromatic rings. The van der Waals surface area contributed by atoms with Crippen LogP contribution in [0.15, 0.2) is 12.1 Å². The van der Waals surface area contributed by atoms with Crippen LogP contribution in [-0.4, -0.2) is 24.7 Å². The maximum absolute atomic E-state index is 13.5. The maximum atomic E-state index is 13.5. The van der Waals surface area contributed by atoms with Crippen LogP contribution in [0.2, 0.25) is 0 Å². The molecule has 1 N–H and O–H groups in total. The molecule has 5 heteroatoms. The predicted octanol–water partition coefficient (Wildman–Crippen LogP) is 3.32. The van der Waals surface area contributed by atoms with Gasteiger partial charge in [0.25, 0.3) is 0 Å². The van der Waals surface area contributed by atoms with Crippen LogP contribution in [0.5, 0.6) is 0 Å². The minimum atomic E-state index is -1.41. The number of nitrogens with one attached hydrogen (secondary N) is 1. The van der Waals surface area contributed by atoms with Gasteiger partial charge in [0.05, 0.1) is 0 Å². The van der Waals surface area contributed by atoms with Crippen LogP contribution >= 0.6 is 0 Å². The zero-order valence-electron chi connectivity index (χ0n) is 12.3. The van der Waals surface area contributed by atoms with Crippen LogP contribution in [0.4, 0.5) is 18.9 Å². The number of nitrogens with zero attached hydrogens (tertiary/aromatic N) is 1. The van der Waals surface area contributed by atoms with Gasteiger partial charge in [-0.3, -0.25) is 0 Å². The highest BCUT2D eigenvalue weighted by molar-refractivity contribution is 5.49. The molecule has 20 heavy (non-hydrogen) atoms. The third-order valence-electron chi connectivity index (χ3n) is 3.83. The first kappa shape index (κ1) is 15.2. The number of benzene rings is 1. The van der Waals surface area contributed by atoms with Gasteiger partial charge in [-0.05, 0) is 19.8 Å². The molecule has 2 rings (SSSR count). The quantitative estimate of drug-likeness (QED) is 0.839. The Hall–Kier alpha value is -1.23. The maximum Gasteiger partial charge on any atom is 0.194 e. The molecule has 1 atom stereocenters. The molecule has 2 nitrogen and oxygen atoms in total. The Morgan fingerprint density at radius 3 is 2.25 bits per heavy atom. The fourth-order valence-electron chi connectivity index (χ4n) is 2.68. The van der Waals surface area contributed by atoms with Gasteiger partial charge in [0, 0.05) is 42.5 Å². The van der Waals surface area contributed by atoms with E-state index in [0.29, 0.717) is 18.2 Å². The van der Waals surface area contributed by atoms with E-state index in [-0.39, 0.29) is 11.6 Å². The summed E-state index contributed by atoms with van der Waals surface area (Å²) in [5.41, 5.74) is 0.238. The van der Waals surface area contributed by atoms with Gasteiger partial charge in [-0.2, -0.15) is 0 Å². The highest BCUT2D eigenvalue weighted by Gasteiger charge is 2.34. The smallest absolute Gasteiger partial charge is 0.194 e. The van der Waals surface area contributed by atoms with Crippen molar-refractivity contribution in [3.63, 3.8) is 0 Å². The van der Waals surface area contributed by atoms with E-state index in [4.69, 9.17) is 0 Å². The first-order valence-electron chi connectivity index (χ1n) is 6.87. The van der Waals surface area contributed by atoms with Gasteiger partial charge in [0.1, 0.15) is 0 Å². The van der Waals surface area contributed by atoms with Crippen molar-refractivity contribution in [1.82, 2.24) is 5.32 Å². The van der Waals surface area contributed by atoms with Crippen molar-refractivity contribution < 1.29 is 13.2 Å². The first-order chi connectivity index (χ1) is 9.21. The van der Waals surface area contributed by atoms with Crippen molar-refractivity contribution >= 4 is 5.69 Å². The third kappa shape index (κ3) is 2.92. The topological polar surface area (TPSA) is 15.3 Å². The van der Waals surface area contributed by atoms with Crippen molar-refractivity contribution in [2.45, 2.75) is 39.3 Å². The second-order valence-corrected chi connectivity index (χ2v) is 6.43. The number of rotatable bonds is 2. The molecule has 1 aliphatic heterocycles. The molecule has 0 radical (unpaired) electrons. The molecule has 1 saturated heterocycles. The molecule has 0 bridgehead atoms. The van der Waals surface area contributed by atoms with Gasteiger partial charge in [0.2, 0.25) is 0 Å². The Labute approximate surface area is 118 Å². The summed E-state index contributed by atoms with van der Waals surface area (Å²) in [6, 6.07) is 2.27. The normalized spacial score (nSPS) is 22.4. The van der Waals surface area contributed by atoms with Gasteiger partial charge in [-0.25, -0.2) is 13.2 Å². The van der Waals surface area contributed by atoms with Crippen molar-refractivity contribution in [2.24, 2.45) is 5.92 Å². The van der Waals surface area contributed by atoms with Gasteiger partial charge >= 0.3 is 0 Å². The van der Waals surface area contributed by atoms with Crippen LogP contribution in [0.3, 0.4) is 0 Å². The molecule has 0 aliphatic carbocycles. The zero-order chi connectivity index (χ0) is 15.1. The monoisotopic (exact) mass is 286 g/mol. The number of halogens is 3. The highest BCUT2D eigenvalue weighted by atomic mass is 19.2. The van der Waals surface area contributed by atoms with E-state index in [9.17, 15) is 13.2 Å². The van der Waals surface area contributed by atoms with Gasteiger partial charge < -0.3 is 10.2 Å². The fraction of sp³-hybridized carbons (Fsp3) is 0.600. The number of anilines is 1. The van der Waals surface area contributed by atoms with Crippen LogP contribution in [-0.2, 0) is 0 Å². The molecular formula is C15H21F3N2. The molecule has 1 aliphatic rings. The number of hydrogen-bond donors (Lipinski definition) is 1. The Balaban J connectivity index is 2.40. The van der Waals surface area contributed by atoms with E-state index < -0.39 is 17.5 Å². The molecule has 1 heterocycles. The van der Waals surface area contributed by atoms with Gasteiger partial charge in [-0.15, -0.1) is 0 Å². The molecule has 0 spiro atoms. The highest BCUT2D eigenvalue weighted by Crippen LogP contribution is 2.29. The average Bonchev–Trinajstić information content (AvgIpc) is 2.33. The summed E-state index contributed by atoms with van der Waals surface area (Å²) in [4.78, 5) is 1.97. The summed E-state index contributed by atoms with van der Waals surface area (Å²) >= 11 is 0. The van der Waals surface area contributed by atoms with E-state index in [1.165, 1.54) is 0 Å². The Morgan fingerprint density at radius 2 is 1.75 bits per heavy atom. The molecule has 1 fully saturated rings. The lowest BCUT2D eigenvalue weighted by atomic mass is 9.92. The van der Waals surface area contributed by atoms with Gasteiger partial charge in [-0.1, -0.05) is 13.8 Å².